The number of ether oxygens (including phenoxy) is 1. The first-order valence-corrected chi connectivity index (χ1v) is 9.00. The Bertz CT molecular complexity index is 392. The zero-order valence-corrected chi connectivity index (χ0v) is 13.7. The van der Waals surface area contributed by atoms with E-state index in [1.54, 1.807) is 6.26 Å². The lowest BCUT2D eigenvalue weighted by atomic mass is 10.2. The molecule has 0 aliphatic carbocycles. The Hall–Kier alpha value is -0.870. The van der Waals surface area contributed by atoms with Gasteiger partial charge in [-0.2, -0.15) is 0 Å². The van der Waals surface area contributed by atoms with Crippen molar-refractivity contribution in [2.24, 2.45) is 0 Å². The minimum absolute atomic E-state index is 0.191. The van der Waals surface area contributed by atoms with Gasteiger partial charge in [0.15, 0.2) is 0 Å². The standard InChI is InChI=1S/C16H27NO2S/c1-4-5-6-11-19-16-9-7-15(8-10-16)13-17-12-14(2)20(3)18/h7-10,14,17H,4-6,11-13H2,1-3H3. The highest BCUT2D eigenvalue weighted by Gasteiger charge is 2.04. The average Bonchev–Trinajstić information content (AvgIpc) is 2.45. The van der Waals surface area contributed by atoms with Crippen LogP contribution in [0.1, 0.15) is 38.7 Å². The van der Waals surface area contributed by atoms with Crippen LogP contribution in [0.5, 0.6) is 5.75 Å². The highest BCUT2D eigenvalue weighted by Crippen LogP contribution is 2.12. The maximum Gasteiger partial charge on any atom is 0.119 e. The average molecular weight is 297 g/mol. The third-order valence-electron chi connectivity index (χ3n) is 3.27. The van der Waals surface area contributed by atoms with Gasteiger partial charge in [-0.1, -0.05) is 31.9 Å². The molecule has 20 heavy (non-hydrogen) atoms. The highest BCUT2D eigenvalue weighted by molar-refractivity contribution is 7.84. The third kappa shape index (κ3) is 7.06. The Morgan fingerprint density at radius 3 is 2.55 bits per heavy atom. The minimum atomic E-state index is -0.760. The Morgan fingerprint density at radius 2 is 1.95 bits per heavy atom. The first-order chi connectivity index (χ1) is 9.63. The molecule has 2 unspecified atom stereocenters. The normalized spacial score (nSPS) is 13.9. The Morgan fingerprint density at radius 1 is 1.25 bits per heavy atom. The number of hydrogen-bond acceptors (Lipinski definition) is 3. The van der Waals surface area contributed by atoms with Crippen molar-refractivity contribution in [3.63, 3.8) is 0 Å². The predicted molar refractivity (Wildman–Crippen MR) is 86.7 cm³/mol. The van der Waals surface area contributed by atoms with E-state index in [0.29, 0.717) is 0 Å². The van der Waals surface area contributed by atoms with Gasteiger partial charge in [-0.15, -0.1) is 0 Å². The lowest BCUT2D eigenvalue weighted by Crippen LogP contribution is -2.27. The molecule has 3 nitrogen and oxygen atoms in total. The second-order valence-electron chi connectivity index (χ2n) is 5.14. The van der Waals surface area contributed by atoms with Crippen molar-refractivity contribution in [2.75, 3.05) is 19.4 Å². The molecule has 0 saturated carbocycles. The summed E-state index contributed by atoms with van der Waals surface area (Å²) < 4.78 is 16.9. The highest BCUT2D eigenvalue weighted by atomic mass is 32.2. The van der Waals surface area contributed by atoms with E-state index >= 15 is 0 Å². The van der Waals surface area contributed by atoms with Crippen molar-refractivity contribution < 1.29 is 8.95 Å². The second kappa shape index (κ2) is 9.94. The van der Waals surface area contributed by atoms with Crippen LogP contribution in [0.25, 0.3) is 0 Å². The van der Waals surface area contributed by atoms with Gasteiger partial charge in [-0.05, 0) is 31.0 Å². The third-order valence-corrected chi connectivity index (χ3v) is 4.57. The molecule has 1 aromatic rings. The largest absolute Gasteiger partial charge is 0.494 e. The smallest absolute Gasteiger partial charge is 0.119 e. The van der Waals surface area contributed by atoms with Crippen LogP contribution in [0.2, 0.25) is 0 Å². The summed E-state index contributed by atoms with van der Waals surface area (Å²) in [5.74, 6) is 0.938. The van der Waals surface area contributed by atoms with Crippen LogP contribution in [-0.2, 0) is 17.3 Å². The van der Waals surface area contributed by atoms with Crippen LogP contribution in [0.3, 0.4) is 0 Å². The topological polar surface area (TPSA) is 38.3 Å². The van der Waals surface area contributed by atoms with Crippen molar-refractivity contribution in [3.05, 3.63) is 29.8 Å². The molecular weight excluding hydrogens is 270 g/mol. The fourth-order valence-corrected chi connectivity index (χ4v) is 2.14. The van der Waals surface area contributed by atoms with Gasteiger partial charge >= 0.3 is 0 Å². The molecule has 1 N–H and O–H groups in total. The van der Waals surface area contributed by atoms with Gasteiger partial charge in [0.05, 0.1) is 6.61 Å². The van der Waals surface area contributed by atoms with Gasteiger partial charge in [-0.3, -0.25) is 4.21 Å². The van der Waals surface area contributed by atoms with Gasteiger partial charge in [0.2, 0.25) is 0 Å². The molecule has 114 valence electrons. The van der Waals surface area contributed by atoms with Crippen LogP contribution in [0, 0.1) is 0 Å². The summed E-state index contributed by atoms with van der Waals surface area (Å²) in [4.78, 5) is 0. The molecule has 4 heteroatoms. The van der Waals surface area contributed by atoms with Gasteiger partial charge in [0, 0.05) is 35.4 Å². The molecule has 0 amide bonds. The molecule has 0 aliphatic heterocycles. The second-order valence-corrected chi connectivity index (χ2v) is 6.94. The SMILES string of the molecule is CCCCCOc1ccc(CNCC(C)S(C)=O)cc1. The fourth-order valence-electron chi connectivity index (χ4n) is 1.78. The van der Waals surface area contributed by atoms with E-state index in [1.807, 2.05) is 19.1 Å². The van der Waals surface area contributed by atoms with Crippen molar-refractivity contribution in [1.29, 1.82) is 0 Å². The molecule has 0 spiro atoms. The van der Waals surface area contributed by atoms with Gasteiger partial charge in [-0.25, -0.2) is 0 Å². The lowest BCUT2D eigenvalue weighted by molar-refractivity contribution is 0.306. The predicted octanol–water partition coefficient (Wildman–Crippen LogP) is 3.11. The maximum absolute atomic E-state index is 11.2. The molecular formula is C16H27NO2S. The van der Waals surface area contributed by atoms with Crippen molar-refractivity contribution in [1.82, 2.24) is 5.32 Å². The molecule has 0 aliphatic rings. The quantitative estimate of drug-likeness (QED) is 0.674. The molecule has 0 fully saturated rings. The number of nitrogens with one attached hydrogen (secondary N) is 1. The van der Waals surface area contributed by atoms with Crippen molar-refractivity contribution in [3.8, 4) is 5.75 Å². The summed E-state index contributed by atoms with van der Waals surface area (Å²) >= 11 is 0. The molecule has 0 bridgehead atoms. The molecule has 2 atom stereocenters. The van der Waals surface area contributed by atoms with Crippen LogP contribution in [-0.4, -0.2) is 28.9 Å². The summed E-state index contributed by atoms with van der Waals surface area (Å²) in [6, 6.07) is 8.19. The zero-order chi connectivity index (χ0) is 14.8. The summed E-state index contributed by atoms with van der Waals surface area (Å²) in [7, 11) is -0.760. The van der Waals surface area contributed by atoms with Crippen LogP contribution < -0.4 is 10.1 Å². The van der Waals surface area contributed by atoms with E-state index in [-0.39, 0.29) is 5.25 Å². The number of hydrogen-bond donors (Lipinski definition) is 1. The number of rotatable bonds is 10. The van der Waals surface area contributed by atoms with Crippen LogP contribution in [0.15, 0.2) is 24.3 Å². The summed E-state index contributed by atoms with van der Waals surface area (Å²) in [6.45, 7) is 6.56. The molecule has 0 saturated heterocycles. The molecule has 1 aromatic carbocycles. The molecule has 1 rings (SSSR count). The van der Waals surface area contributed by atoms with Crippen molar-refractivity contribution in [2.45, 2.75) is 44.9 Å². The summed E-state index contributed by atoms with van der Waals surface area (Å²) in [6.07, 6.45) is 5.30. The lowest BCUT2D eigenvalue weighted by Gasteiger charge is -2.10. The Kier molecular flexibility index (Phi) is 8.54. The first kappa shape index (κ1) is 17.2. The van der Waals surface area contributed by atoms with E-state index in [1.165, 1.54) is 18.4 Å². The summed E-state index contributed by atoms with van der Waals surface area (Å²) in [5, 5.41) is 3.52. The first-order valence-electron chi connectivity index (χ1n) is 7.38. The molecule has 0 heterocycles. The number of benzene rings is 1. The minimum Gasteiger partial charge on any atom is -0.494 e. The van der Waals surface area contributed by atoms with Gasteiger partial charge < -0.3 is 10.1 Å². The van der Waals surface area contributed by atoms with Crippen molar-refractivity contribution >= 4 is 10.8 Å². The van der Waals surface area contributed by atoms with E-state index in [9.17, 15) is 4.21 Å². The Labute approximate surface area is 125 Å². The number of unbranched alkanes of at least 4 members (excludes halogenated alkanes) is 2. The Balaban J connectivity index is 2.26. The monoisotopic (exact) mass is 297 g/mol. The van der Waals surface area contributed by atoms with E-state index < -0.39 is 10.8 Å². The maximum atomic E-state index is 11.2. The van der Waals surface area contributed by atoms with Crippen LogP contribution in [0.4, 0.5) is 0 Å². The van der Waals surface area contributed by atoms with E-state index in [2.05, 4.69) is 24.4 Å². The van der Waals surface area contributed by atoms with E-state index in [0.717, 1.165) is 31.9 Å². The zero-order valence-electron chi connectivity index (χ0n) is 12.9. The van der Waals surface area contributed by atoms with Crippen LogP contribution >= 0.6 is 0 Å². The molecule has 0 radical (unpaired) electrons. The van der Waals surface area contributed by atoms with Gasteiger partial charge in [0.25, 0.3) is 0 Å². The van der Waals surface area contributed by atoms with Gasteiger partial charge in [0.1, 0.15) is 5.75 Å². The summed E-state index contributed by atoms with van der Waals surface area (Å²) in [5.41, 5.74) is 1.22. The van der Waals surface area contributed by atoms with E-state index in [4.69, 9.17) is 4.74 Å². The molecule has 0 aromatic heterocycles. The fraction of sp³-hybridized carbons (Fsp3) is 0.625.